The fourth-order valence-electron chi connectivity index (χ4n) is 2.32. The lowest BCUT2D eigenvalue weighted by molar-refractivity contribution is -0.682. The van der Waals surface area contributed by atoms with Gasteiger partial charge in [-0.25, -0.2) is 0 Å². The minimum absolute atomic E-state index is 0.0557. The maximum atomic E-state index is 12.2. The summed E-state index contributed by atoms with van der Waals surface area (Å²) in [5, 5.41) is 5.50. The second kappa shape index (κ2) is 8.51. The van der Waals surface area contributed by atoms with Crippen molar-refractivity contribution in [2.24, 2.45) is 0 Å². The molecule has 0 unspecified atom stereocenters. The van der Waals surface area contributed by atoms with E-state index in [-0.39, 0.29) is 11.9 Å². The van der Waals surface area contributed by atoms with Crippen molar-refractivity contribution in [2.75, 3.05) is 19.0 Å². The van der Waals surface area contributed by atoms with E-state index in [9.17, 15) is 4.79 Å². The molecule has 0 radical (unpaired) electrons. The van der Waals surface area contributed by atoms with Gasteiger partial charge in [-0.15, -0.1) is 0 Å². The Bertz CT molecular complexity index is 737. The fourth-order valence-corrected chi connectivity index (χ4v) is 3.05. The molecule has 1 atom stereocenters. The SMILES string of the molecule is COc1ccc([C@@H](C)[NH2+]CC(=O)Nc2cc(Cl)ccc2C)cc1Br. The second-order valence-electron chi connectivity index (χ2n) is 5.63. The number of hydrogen-bond acceptors (Lipinski definition) is 2. The van der Waals surface area contributed by atoms with Gasteiger partial charge in [0.25, 0.3) is 5.91 Å². The van der Waals surface area contributed by atoms with Crippen molar-refractivity contribution < 1.29 is 14.8 Å². The van der Waals surface area contributed by atoms with Crippen molar-refractivity contribution in [2.45, 2.75) is 19.9 Å². The third-order valence-electron chi connectivity index (χ3n) is 3.83. The van der Waals surface area contributed by atoms with Crippen molar-refractivity contribution >= 4 is 39.1 Å². The molecule has 0 aliphatic carbocycles. The summed E-state index contributed by atoms with van der Waals surface area (Å²) in [5.41, 5.74) is 2.86. The number of halogens is 2. The van der Waals surface area contributed by atoms with Gasteiger partial charge in [0, 0.05) is 16.3 Å². The summed E-state index contributed by atoms with van der Waals surface area (Å²) in [7, 11) is 1.64. The number of methoxy groups -OCH3 is 1. The van der Waals surface area contributed by atoms with Crippen LogP contribution in [0.4, 0.5) is 5.69 Å². The first-order valence-electron chi connectivity index (χ1n) is 7.63. The van der Waals surface area contributed by atoms with Crippen molar-refractivity contribution in [1.82, 2.24) is 0 Å². The zero-order valence-electron chi connectivity index (χ0n) is 13.9. The summed E-state index contributed by atoms with van der Waals surface area (Å²) in [4.78, 5) is 12.2. The highest BCUT2D eigenvalue weighted by Crippen LogP contribution is 2.27. The molecule has 0 saturated heterocycles. The van der Waals surface area contributed by atoms with Gasteiger partial charge in [0.15, 0.2) is 6.54 Å². The number of carbonyl (C=O) groups is 1. The Balaban J connectivity index is 1.93. The van der Waals surface area contributed by atoms with Crippen molar-refractivity contribution in [1.29, 1.82) is 0 Å². The van der Waals surface area contributed by atoms with E-state index in [1.165, 1.54) is 0 Å². The fraction of sp³-hybridized carbons (Fsp3) is 0.278. The summed E-state index contributed by atoms with van der Waals surface area (Å²) in [6.45, 7) is 4.33. The third kappa shape index (κ3) is 4.97. The Morgan fingerprint density at radius 2 is 2.08 bits per heavy atom. The van der Waals surface area contributed by atoms with Gasteiger partial charge in [0.05, 0.1) is 11.6 Å². The van der Waals surface area contributed by atoms with Gasteiger partial charge in [-0.2, -0.15) is 0 Å². The summed E-state index contributed by atoms with van der Waals surface area (Å²) in [6, 6.07) is 11.5. The molecule has 0 spiro atoms. The Labute approximate surface area is 155 Å². The van der Waals surface area contributed by atoms with Crippen molar-refractivity contribution in [3.05, 3.63) is 57.0 Å². The minimum Gasteiger partial charge on any atom is -0.496 e. The van der Waals surface area contributed by atoms with Gasteiger partial charge < -0.3 is 15.4 Å². The van der Waals surface area contributed by atoms with E-state index in [0.29, 0.717) is 11.6 Å². The van der Waals surface area contributed by atoms with Crippen LogP contribution in [0.1, 0.15) is 24.1 Å². The summed E-state index contributed by atoms with van der Waals surface area (Å²) < 4.78 is 6.14. The maximum Gasteiger partial charge on any atom is 0.279 e. The molecule has 4 nitrogen and oxygen atoms in total. The van der Waals surface area contributed by atoms with Crippen LogP contribution in [-0.2, 0) is 4.79 Å². The molecule has 1 amide bonds. The predicted octanol–water partition coefficient (Wildman–Crippen LogP) is 3.68. The smallest absolute Gasteiger partial charge is 0.279 e. The quantitative estimate of drug-likeness (QED) is 0.760. The molecule has 24 heavy (non-hydrogen) atoms. The molecule has 0 saturated carbocycles. The molecule has 0 heterocycles. The largest absolute Gasteiger partial charge is 0.496 e. The monoisotopic (exact) mass is 411 g/mol. The Morgan fingerprint density at radius 1 is 1.33 bits per heavy atom. The van der Waals surface area contributed by atoms with E-state index in [2.05, 4.69) is 28.2 Å². The molecule has 0 bridgehead atoms. The van der Waals surface area contributed by atoms with Crippen LogP contribution in [0.25, 0.3) is 0 Å². The molecule has 3 N–H and O–H groups in total. The lowest BCUT2D eigenvalue weighted by Gasteiger charge is -2.13. The number of nitrogens with two attached hydrogens (primary N) is 1. The molecular weight excluding hydrogens is 392 g/mol. The lowest BCUT2D eigenvalue weighted by atomic mass is 10.1. The second-order valence-corrected chi connectivity index (χ2v) is 6.92. The zero-order chi connectivity index (χ0) is 17.7. The topological polar surface area (TPSA) is 54.9 Å². The molecule has 128 valence electrons. The summed E-state index contributed by atoms with van der Waals surface area (Å²) >= 11 is 9.46. The summed E-state index contributed by atoms with van der Waals surface area (Å²) in [5.74, 6) is 0.736. The highest BCUT2D eigenvalue weighted by atomic mass is 79.9. The molecule has 0 aromatic heterocycles. The first-order valence-corrected chi connectivity index (χ1v) is 8.80. The van der Waals surface area contributed by atoms with Crippen LogP contribution >= 0.6 is 27.5 Å². The van der Waals surface area contributed by atoms with Gasteiger partial charge in [-0.3, -0.25) is 4.79 Å². The molecule has 2 rings (SSSR count). The van der Waals surface area contributed by atoms with Crippen LogP contribution in [0.2, 0.25) is 5.02 Å². The number of anilines is 1. The first kappa shape index (κ1) is 18.8. The minimum atomic E-state index is -0.0557. The highest BCUT2D eigenvalue weighted by molar-refractivity contribution is 9.10. The van der Waals surface area contributed by atoms with E-state index in [0.717, 1.165) is 27.0 Å². The maximum absolute atomic E-state index is 12.2. The van der Waals surface area contributed by atoms with Crippen LogP contribution in [0.15, 0.2) is 40.9 Å². The number of hydrogen-bond donors (Lipinski definition) is 2. The Hall–Kier alpha value is -1.56. The molecule has 2 aromatic rings. The Morgan fingerprint density at radius 3 is 2.75 bits per heavy atom. The standard InChI is InChI=1S/C18H20BrClN2O2/c1-11-4-6-14(20)9-16(11)22-18(23)10-21-12(2)13-5-7-17(24-3)15(19)8-13/h4-9,12,21H,10H2,1-3H3,(H,22,23)/p+1/t12-/m1/s1. The number of ether oxygens (including phenoxy) is 1. The van der Waals surface area contributed by atoms with Gasteiger partial charge in [-0.1, -0.05) is 17.7 Å². The number of aryl methyl sites for hydroxylation is 1. The number of nitrogens with one attached hydrogen (secondary N) is 1. The number of benzene rings is 2. The van der Waals surface area contributed by atoms with Crippen molar-refractivity contribution in [3.8, 4) is 5.75 Å². The highest BCUT2D eigenvalue weighted by Gasteiger charge is 2.14. The number of carbonyl (C=O) groups excluding carboxylic acids is 1. The first-order chi connectivity index (χ1) is 11.4. The van der Waals surface area contributed by atoms with Gasteiger partial charge in [-0.05, 0) is 65.7 Å². The van der Waals surface area contributed by atoms with Crippen LogP contribution in [-0.4, -0.2) is 19.6 Å². The molecule has 0 fully saturated rings. The van der Waals surface area contributed by atoms with Crippen LogP contribution in [0.3, 0.4) is 0 Å². The van der Waals surface area contributed by atoms with Crippen LogP contribution in [0.5, 0.6) is 5.75 Å². The molecule has 0 aliphatic heterocycles. The van der Waals surface area contributed by atoms with Crippen molar-refractivity contribution in [3.63, 3.8) is 0 Å². The Kier molecular flexibility index (Phi) is 6.66. The van der Waals surface area contributed by atoms with E-state index in [1.807, 2.05) is 42.6 Å². The predicted molar refractivity (Wildman–Crippen MR) is 101 cm³/mol. The third-order valence-corrected chi connectivity index (χ3v) is 4.69. The van der Waals surface area contributed by atoms with Gasteiger partial charge in [0.1, 0.15) is 11.8 Å². The van der Waals surface area contributed by atoms with Crippen LogP contribution in [0, 0.1) is 6.92 Å². The van der Waals surface area contributed by atoms with E-state index in [1.54, 1.807) is 13.2 Å². The average Bonchev–Trinajstić information content (AvgIpc) is 2.56. The number of quaternary nitrogens is 1. The van der Waals surface area contributed by atoms with Gasteiger partial charge >= 0.3 is 0 Å². The summed E-state index contributed by atoms with van der Waals surface area (Å²) in [6.07, 6.45) is 0. The molecular formula is C18H21BrClN2O2+. The number of rotatable bonds is 6. The van der Waals surface area contributed by atoms with E-state index < -0.39 is 0 Å². The number of amides is 1. The average molecular weight is 413 g/mol. The molecule has 0 aliphatic rings. The molecule has 6 heteroatoms. The lowest BCUT2D eigenvalue weighted by Crippen LogP contribution is -2.86. The molecule has 2 aromatic carbocycles. The van der Waals surface area contributed by atoms with Gasteiger partial charge in [0.2, 0.25) is 0 Å². The zero-order valence-corrected chi connectivity index (χ0v) is 16.2. The van der Waals surface area contributed by atoms with E-state index >= 15 is 0 Å². The van der Waals surface area contributed by atoms with Crippen LogP contribution < -0.4 is 15.4 Å². The van der Waals surface area contributed by atoms with E-state index in [4.69, 9.17) is 16.3 Å². The normalized spacial score (nSPS) is 11.9.